The minimum atomic E-state index is -0.106. The summed E-state index contributed by atoms with van der Waals surface area (Å²) in [6.07, 6.45) is 2.25. The first-order valence-corrected chi connectivity index (χ1v) is 8.90. The number of piperidine rings is 1. The van der Waals surface area contributed by atoms with Gasteiger partial charge in [0.25, 0.3) is 0 Å². The summed E-state index contributed by atoms with van der Waals surface area (Å²) in [6.45, 7) is 7.01. The number of aliphatic hydroxyl groups is 1. The van der Waals surface area contributed by atoms with Crippen LogP contribution in [-0.4, -0.2) is 39.8 Å². The molecule has 0 radical (unpaired) electrons. The Kier molecular flexibility index (Phi) is 5.85. The van der Waals surface area contributed by atoms with Crippen LogP contribution in [-0.2, 0) is 6.54 Å². The van der Waals surface area contributed by atoms with E-state index in [0.29, 0.717) is 11.8 Å². The Labute approximate surface area is 149 Å². The molecule has 1 saturated heterocycles. The Balaban J connectivity index is 1.61. The summed E-state index contributed by atoms with van der Waals surface area (Å²) in [5.74, 6) is 7.79. The van der Waals surface area contributed by atoms with E-state index >= 15 is 0 Å². The Bertz CT molecular complexity index is 740. The largest absolute Gasteiger partial charge is 0.384 e. The fraction of sp³-hybridized carbons (Fsp3) is 0.500. The summed E-state index contributed by atoms with van der Waals surface area (Å²) in [4.78, 5) is 7.02. The molecule has 132 valence electrons. The number of aromatic nitrogens is 2. The quantitative estimate of drug-likeness (QED) is 0.868. The lowest BCUT2D eigenvalue weighted by molar-refractivity contribution is 0.180. The average Bonchev–Trinajstić information content (AvgIpc) is 3.12. The third-order valence-electron chi connectivity index (χ3n) is 4.50. The van der Waals surface area contributed by atoms with E-state index in [1.807, 2.05) is 12.1 Å². The Morgan fingerprint density at radius 3 is 2.80 bits per heavy atom. The van der Waals surface area contributed by atoms with E-state index in [0.717, 1.165) is 49.8 Å². The molecule has 25 heavy (non-hydrogen) atoms. The smallest absolute Gasteiger partial charge is 0.231 e. The van der Waals surface area contributed by atoms with Crippen molar-refractivity contribution in [1.29, 1.82) is 0 Å². The summed E-state index contributed by atoms with van der Waals surface area (Å²) < 4.78 is 5.49. The molecule has 0 amide bonds. The zero-order valence-electron chi connectivity index (χ0n) is 14.9. The van der Waals surface area contributed by atoms with Gasteiger partial charge >= 0.3 is 0 Å². The topological polar surface area (TPSA) is 62.4 Å². The first-order valence-electron chi connectivity index (χ1n) is 8.90. The van der Waals surface area contributed by atoms with Crippen LogP contribution in [0.1, 0.15) is 61.4 Å². The molecule has 0 bridgehead atoms. The summed E-state index contributed by atoms with van der Waals surface area (Å²) in [7, 11) is 0. The normalized spacial score (nSPS) is 18.2. The molecule has 1 unspecified atom stereocenters. The maximum atomic E-state index is 8.75. The van der Waals surface area contributed by atoms with Gasteiger partial charge in [-0.3, -0.25) is 4.90 Å². The van der Waals surface area contributed by atoms with Gasteiger partial charge < -0.3 is 9.63 Å². The van der Waals surface area contributed by atoms with Gasteiger partial charge in [-0.25, -0.2) is 0 Å². The van der Waals surface area contributed by atoms with Crippen LogP contribution < -0.4 is 0 Å². The number of hydrogen-bond donors (Lipinski definition) is 1. The molecule has 3 rings (SSSR count). The fourth-order valence-electron chi connectivity index (χ4n) is 3.14. The molecule has 0 saturated carbocycles. The third-order valence-corrected chi connectivity index (χ3v) is 4.50. The number of benzene rings is 1. The highest BCUT2D eigenvalue weighted by Gasteiger charge is 2.26. The van der Waals surface area contributed by atoms with Crippen LogP contribution in [0.15, 0.2) is 28.8 Å². The Morgan fingerprint density at radius 2 is 2.12 bits per heavy atom. The lowest BCUT2D eigenvalue weighted by Gasteiger charge is -2.30. The van der Waals surface area contributed by atoms with Gasteiger partial charge in [0.1, 0.15) is 6.61 Å². The highest BCUT2D eigenvalue weighted by Crippen LogP contribution is 2.27. The zero-order valence-corrected chi connectivity index (χ0v) is 14.9. The fourth-order valence-corrected chi connectivity index (χ4v) is 3.14. The van der Waals surface area contributed by atoms with E-state index in [1.165, 1.54) is 5.56 Å². The number of hydrogen-bond acceptors (Lipinski definition) is 5. The van der Waals surface area contributed by atoms with Crippen LogP contribution in [0.4, 0.5) is 0 Å². The molecular formula is C20H25N3O2. The van der Waals surface area contributed by atoms with Gasteiger partial charge in [-0.2, -0.15) is 4.98 Å². The molecule has 5 nitrogen and oxygen atoms in total. The molecule has 1 N–H and O–H groups in total. The molecule has 2 aromatic rings. The van der Waals surface area contributed by atoms with E-state index in [2.05, 4.69) is 52.9 Å². The molecule has 1 aliphatic rings. The van der Waals surface area contributed by atoms with E-state index < -0.39 is 0 Å². The molecule has 0 aliphatic carbocycles. The molecular weight excluding hydrogens is 314 g/mol. The van der Waals surface area contributed by atoms with Crippen molar-refractivity contribution >= 4 is 0 Å². The van der Waals surface area contributed by atoms with Gasteiger partial charge in [-0.05, 0) is 37.1 Å². The second-order valence-corrected chi connectivity index (χ2v) is 6.88. The minimum Gasteiger partial charge on any atom is -0.384 e. The molecule has 2 heterocycles. The monoisotopic (exact) mass is 339 g/mol. The maximum Gasteiger partial charge on any atom is 0.231 e. The SMILES string of the molecule is CC(C)c1noc(C2CCCN(Cc3ccc(C#CCO)cc3)C2)n1. The van der Waals surface area contributed by atoms with Crippen LogP contribution in [0.25, 0.3) is 0 Å². The van der Waals surface area contributed by atoms with Crippen molar-refractivity contribution in [2.75, 3.05) is 19.7 Å². The van der Waals surface area contributed by atoms with Gasteiger partial charge in [0.2, 0.25) is 5.89 Å². The lowest BCUT2D eigenvalue weighted by atomic mass is 9.97. The van der Waals surface area contributed by atoms with Crippen molar-refractivity contribution in [3.05, 3.63) is 47.1 Å². The summed E-state index contributed by atoms with van der Waals surface area (Å²) in [5, 5.41) is 12.9. The first kappa shape index (κ1) is 17.7. The molecule has 1 aromatic heterocycles. The average molecular weight is 339 g/mol. The van der Waals surface area contributed by atoms with Crippen molar-refractivity contribution in [3.8, 4) is 11.8 Å². The molecule has 1 aliphatic heterocycles. The molecule has 1 aromatic carbocycles. The summed E-state index contributed by atoms with van der Waals surface area (Å²) in [6, 6.07) is 8.22. The van der Waals surface area contributed by atoms with Crippen molar-refractivity contribution < 1.29 is 9.63 Å². The molecule has 1 atom stereocenters. The molecule has 5 heteroatoms. The number of nitrogens with zero attached hydrogens (tertiary/aromatic N) is 3. The van der Waals surface area contributed by atoms with Gasteiger partial charge in [0.15, 0.2) is 5.82 Å². The second kappa shape index (κ2) is 8.28. The van der Waals surface area contributed by atoms with Gasteiger partial charge in [-0.1, -0.05) is 43.0 Å². The van der Waals surface area contributed by atoms with Crippen LogP contribution in [0.3, 0.4) is 0 Å². The second-order valence-electron chi connectivity index (χ2n) is 6.88. The summed E-state index contributed by atoms with van der Waals surface area (Å²) in [5.41, 5.74) is 2.20. The number of rotatable bonds is 4. The predicted octanol–water partition coefficient (Wildman–Crippen LogP) is 2.92. The van der Waals surface area contributed by atoms with Crippen LogP contribution >= 0.6 is 0 Å². The maximum absolute atomic E-state index is 8.75. The van der Waals surface area contributed by atoms with Crippen molar-refractivity contribution in [3.63, 3.8) is 0 Å². The van der Waals surface area contributed by atoms with Crippen LogP contribution in [0.2, 0.25) is 0 Å². The molecule has 1 fully saturated rings. The predicted molar refractivity (Wildman–Crippen MR) is 96.0 cm³/mol. The lowest BCUT2D eigenvalue weighted by Crippen LogP contribution is -2.34. The molecule has 0 spiro atoms. The Morgan fingerprint density at radius 1 is 1.32 bits per heavy atom. The van der Waals surface area contributed by atoms with Crippen LogP contribution in [0, 0.1) is 11.8 Å². The zero-order chi connectivity index (χ0) is 17.6. The van der Waals surface area contributed by atoms with E-state index in [9.17, 15) is 0 Å². The van der Waals surface area contributed by atoms with Gasteiger partial charge in [-0.15, -0.1) is 0 Å². The standard InChI is InChI=1S/C20H25N3O2/c1-15(2)19-21-20(25-22-19)18-6-3-11-23(14-18)13-17-9-7-16(8-10-17)5-4-12-24/h7-10,15,18,24H,3,6,11-14H2,1-2H3. The van der Waals surface area contributed by atoms with Gasteiger partial charge in [0, 0.05) is 24.6 Å². The number of likely N-dealkylation sites (tertiary alicyclic amines) is 1. The van der Waals surface area contributed by atoms with Crippen molar-refractivity contribution in [2.24, 2.45) is 0 Å². The number of aliphatic hydroxyl groups excluding tert-OH is 1. The van der Waals surface area contributed by atoms with Crippen molar-refractivity contribution in [1.82, 2.24) is 15.0 Å². The van der Waals surface area contributed by atoms with Gasteiger partial charge in [0.05, 0.1) is 5.92 Å². The highest BCUT2D eigenvalue weighted by molar-refractivity contribution is 5.36. The Hall–Kier alpha value is -2.16. The summed E-state index contributed by atoms with van der Waals surface area (Å²) >= 11 is 0. The van der Waals surface area contributed by atoms with E-state index in [4.69, 9.17) is 9.63 Å². The van der Waals surface area contributed by atoms with Crippen molar-refractivity contribution in [2.45, 2.75) is 45.1 Å². The third kappa shape index (κ3) is 4.68. The van der Waals surface area contributed by atoms with E-state index in [1.54, 1.807) is 0 Å². The highest BCUT2D eigenvalue weighted by atomic mass is 16.5. The van der Waals surface area contributed by atoms with Crippen LogP contribution in [0.5, 0.6) is 0 Å². The first-order chi connectivity index (χ1) is 12.2. The van der Waals surface area contributed by atoms with E-state index in [-0.39, 0.29) is 6.61 Å². The minimum absolute atomic E-state index is 0.106.